The molecule has 5 heteroatoms. The lowest BCUT2D eigenvalue weighted by Crippen LogP contribution is -2.14. The Morgan fingerprint density at radius 1 is 0.903 bits per heavy atom. The Morgan fingerprint density at radius 3 is 2.35 bits per heavy atom. The number of para-hydroxylation sites is 1. The normalized spacial score (nSPS) is 17.6. The molecule has 1 aromatic heterocycles. The van der Waals surface area contributed by atoms with Crippen LogP contribution in [0.4, 0.5) is 10.1 Å². The van der Waals surface area contributed by atoms with Crippen molar-refractivity contribution >= 4 is 5.69 Å². The van der Waals surface area contributed by atoms with Crippen molar-refractivity contribution in [3.63, 3.8) is 0 Å². The number of rotatable bonds is 3. The van der Waals surface area contributed by atoms with E-state index in [4.69, 9.17) is 4.52 Å². The lowest BCUT2D eigenvalue weighted by atomic mass is 9.87. The molecule has 156 valence electrons. The Bertz CT molecular complexity index is 1230. The first-order valence-electron chi connectivity index (χ1n) is 10.6. The summed E-state index contributed by atoms with van der Waals surface area (Å²) in [6.07, 6.45) is 0. The molecule has 1 N–H and O–H groups in total. The second-order valence-corrected chi connectivity index (χ2v) is 8.36. The number of nitrogens with one attached hydrogen (secondary N) is 1. The predicted octanol–water partition coefficient (Wildman–Crippen LogP) is 6.67. The molecule has 5 rings (SSSR count). The summed E-state index contributed by atoms with van der Waals surface area (Å²) in [5.41, 5.74) is 6.74. The maximum absolute atomic E-state index is 13.3. The van der Waals surface area contributed by atoms with Crippen LogP contribution in [0, 0.1) is 5.82 Å². The van der Waals surface area contributed by atoms with Gasteiger partial charge in [-0.3, -0.25) is 0 Å². The van der Waals surface area contributed by atoms with Gasteiger partial charge in [-0.15, -0.1) is 0 Å². The minimum atomic E-state index is -0.293. The quantitative estimate of drug-likeness (QED) is 0.408. The Morgan fingerprint density at radius 2 is 1.61 bits per heavy atom. The van der Waals surface area contributed by atoms with Crippen LogP contribution in [0.2, 0.25) is 0 Å². The molecule has 4 nitrogen and oxygen atoms in total. The van der Waals surface area contributed by atoms with E-state index in [1.54, 1.807) is 12.1 Å². The molecule has 2 atom stereocenters. The van der Waals surface area contributed by atoms with Crippen molar-refractivity contribution in [2.24, 2.45) is 0 Å². The van der Waals surface area contributed by atoms with Gasteiger partial charge in [0, 0.05) is 17.2 Å². The summed E-state index contributed by atoms with van der Waals surface area (Å²) in [7, 11) is 0. The van der Waals surface area contributed by atoms with Gasteiger partial charge in [0.05, 0.1) is 0 Å². The van der Waals surface area contributed by atoms with Crippen LogP contribution in [0.25, 0.3) is 11.4 Å². The second-order valence-electron chi connectivity index (χ2n) is 8.36. The first kappa shape index (κ1) is 19.5. The van der Waals surface area contributed by atoms with Gasteiger partial charge in [0.15, 0.2) is 0 Å². The standard InChI is InChI=1S/C26H24FN3O/c1-15(2)19-9-6-10-21-16(3)20-7-4-5-8-22(20)24(28-23(19)21)26-29-25(30-31-26)17-11-13-18(27)14-12-17/h4-16,24,28H,1-3H3. The zero-order valence-electron chi connectivity index (χ0n) is 17.8. The Hall–Kier alpha value is -3.47. The molecule has 2 unspecified atom stereocenters. The molecule has 0 amide bonds. The first-order valence-corrected chi connectivity index (χ1v) is 10.6. The van der Waals surface area contributed by atoms with E-state index in [0.29, 0.717) is 17.6 Å². The molecular formula is C26H24FN3O. The van der Waals surface area contributed by atoms with Crippen molar-refractivity contribution in [1.29, 1.82) is 0 Å². The van der Waals surface area contributed by atoms with Crippen molar-refractivity contribution < 1.29 is 8.91 Å². The van der Waals surface area contributed by atoms with E-state index >= 15 is 0 Å². The summed E-state index contributed by atoms with van der Waals surface area (Å²) >= 11 is 0. The van der Waals surface area contributed by atoms with Gasteiger partial charge in [-0.1, -0.05) is 68.4 Å². The van der Waals surface area contributed by atoms with Crippen LogP contribution in [-0.2, 0) is 0 Å². The molecule has 2 heterocycles. The maximum atomic E-state index is 13.3. The molecule has 0 aliphatic carbocycles. The Balaban J connectivity index is 1.65. The second kappa shape index (κ2) is 7.65. The number of anilines is 1. The summed E-state index contributed by atoms with van der Waals surface area (Å²) in [5, 5.41) is 7.91. The van der Waals surface area contributed by atoms with E-state index in [0.717, 1.165) is 16.8 Å². The summed E-state index contributed by atoms with van der Waals surface area (Å²) in [6, 6.07) is 20.7. The molecular weight excluding hydrogens is 389 g/mol. The number of fused-ring (bicyclic) bond motifs is 2. The van der Waals surface area contributed by atoms with Gasteiger partial charge in [-0.25, -0.2) is 4.39 Å². The fourth-order valence-corrected chi connectivity index (χ4v) is 4.42. The molecule has 0 fully saturated rings. The van der Waals surface area contributed by atoms with Crippen LogP contribution < -0.4 is 5.32 Å². The molecule has 1 aliphatic heterocycles. The van der Waals surface area contributed by atoms with Crippen LogP contribution in [0.5, 0.6) is 0 Å². The van der Waals surface area contributed by atoms with Gasteiger partial charge < -0.3 is 9.84 Å². The largest absolute Gasteiger partial charge is 0.370 e. The van der Waals surface area contributed by atoms with Gasteiger partial charge in [0.2, 0.25) is 5.82 Å². The third-order valence-electron chi connectivity index (χ3n) is 6.07. The molecule has 0 radical (unpaired) electrons. The van der Waals surface area contributed by atoms with Crippen molar-refractivity contribution in [3.05, 3.63) is 101 Å². The van der Waals surface area contributed by atoms with E-state index in [1.165, 1.54) is 28.8 Å². The summed E-state index contributed by atoms with van der Waals surface area (Å²) in [4.78, 5) is 4.68. The highest BCUT2D eigenvalue weighted by Gasteiger charge is 2.31. The molecule has 0 saturated heterocycles. The lowest BCUT2D eigenvalue weighted by Gasteiger charge is -2.21. The van der Waals surface area contributed by atoms with E-state index in [9.17, 15) is 4.39 Å². The molecule has 0 spiro atoms. The monoisotopic (exact) mass is 413 g/mol. The zero-order chi connectivity index (χ0) is 21.5. The molecule has 0 saturated carbocycles. The van der Waals surface area contributed by atoms with Gasteiger partial charge >= 0.3 is 0 Å². The minimum Gasteiger partial charge on any atom is -0.370 e. The van der Waals surface area contributed by atoms with E-state index < -0.39 is 0 Å². The fourth-order valence-electron chi connectivity index (χ4n) is 4.42. The summed E-state index contributed by atoms with van der Waals surface area (Å²) < 4.78 is 19.0. The molecule has 0 bridgehead atoms. The number of hydrogen-bond donors (Lipinski definition) is 1. The van der Waals surface area contributed by atoms with Crippen molar-refractivity contribution in [1.82, 2.24) is 10.1 Å². The highest BCUT2D eigenvalue weighted by atomic mass is 19.1. The lowest BCUT2D eigenvalue weighted by molar-refractivity contribution is 0.372. The summed E-state index contributed by atoms with van der Waals surface area (Å²) in [5.74, 6) is 1.24. The number of halogens is 1. The summed E-state index contributed by atoms with van der Waals surface area (Å²) in [6.45, 7) is 6.65. The van der Waals surface area contributed by atoms with Crippen LogP contribution >= 0.6 is 0 Å². The molecule has 31 heavy (non-hydrogen) atoms. The number of benzene rings is 3. The third-order valence-corrected chi connectivity index (χ3v) is 6.07. The Kier molecular flexibility index (Phi) is 4.81. The van der Waals surface area contributed by atoms with Crippen molar-refractivity contribution in [3.8, 4) is 11.4 Å². The molecule has 1 aliphatic rings. The van der Waals surface area contributed by atoms with Crippen molar-refractivity contribution in [2.45, 2.75) is 38.6 Å². The van der Waals surface area contributed by atoms with Gasteiger partial charge in [-0.2, -0.15) is 4.98 Å². The minimum absolute atomic E-state index is 0.224. The smallest absolute Gasteiger partial charge is 0.254 e. The third kappa shape index (κ3) is 3.40. The highest BCUT2D eigenvalue weighted by Crippen LogP contribution is 2.44. The maximum Gasteiger partial charge on any atom is 0.254 e. The fraction of sp³-hybridized carbons (Fsp3) is 0.231. The van der Waals surface area contributed by atoms with Crippen LogP contribution in [-0.4, -0.2) is 10.1 Å². The average molecular weight is 413 g/mol. The highest BCUT2D eigenvalue weighted by molar-refractivity contribution is 5.66. The van der Waals surface area contributed by atoms with Crippen molar-refractivity contribution in [2.75, 3.05) is 5.32 Å². The van der Waals surface area contributed by atoms with Gasteiger partial charge in [0.25, 0.3) is 5.89 Å². The molecule has 3 aromatic carbocycles. The molecule has 4 aromatic rings. The SMILES string of the molecule is CC(C)c1cccc2c1NC(c1nc(-c3ccc(F)cc3)no1)c1ccccc1C2C. The zero-order valence-corrected chi connectivity index (χ0v) is 17.8. The topological polar surface area (TPSA) is 51.0 Å². The average Bonchev–Trinajstić information content (AvgIpc) is 3.22. The Labute approximate surface area is 181 Å². The number of nitrogens with zero attached hydrogens (tertiary/aromatic N) is 2. The predicted molar refractivity (Wildman–Crippen MR) is 120 cm³/mol. The van der Waals surface area contributed by atoms with Crippen LogP contribution in [0.3, 0.4) is 0 Å². The van der Waals surface area contributed by atoms with Gasteiger partial charge in [0.1, 0.15) is 11.9 Å². The number of hydrogen-bond acceptors (Lipinski definition) is 4. The van der Waals surface area contributed by atoms with Crippen LogP contribution in [0.1, 0.15) is 66.8 Å². The van der Waals surface area contributed by atoms with E-state index in [-0.39, 0.29) is 17.8 Å². The van der Waals surface area contributed by atoms with Crippen LogP contribution in [0.15, 0.2) is 71.3 Å². The number of aromatic nitrogens is 2. The van der Waals surface area contributed by atoms with E-state index in [2.05, 4.69) is 72.6 Å². The van der Waals surface area contributed by atoms with Gasteiger partial charge in [-0.05, 0) is 52.4 Å². The first-order chi connectivity index (χ1) is 15.0. The van der Waals surface area contributed by atoms with E-state index in [1.807, 2.05) is 6.07 Å².